The quantitative estimate of drug-likeness (QED) is 0.586. The number of likely N-dealkylation sites (N-methyl/N-ethyl adjacent to an activating group) is 1. The molecule has 0 radical (unpaired) electrons. The summed E-state index contributed by atoms with van der Waals surface area (Å²) < 4.78 is 0. The average molecular weight is 172 g/mol. The second kappa shape index (κ2) is 7.56. The summed E-state index contributed by atoms with van der Waals surface area (Å²) >= 11 is 0. The van der Waals surface area contributed by atoms with Crippen LogP contribution in [0.5, 0.6) is 0 Å². The molecule has 0 spiro atoms. The Morgan fingerprint density at radius 2 is 2.00 bits per heavy atom. The molecule has 0 bridgehead atoms. The van der Waals surface area contributed by atoms with Gasteiger partial charge in [0, 0.05) is 13.1 Å². The van der Waals surface area contributed by atoms with Crippen molar-refractivity contribution >= 4 is 0 Å². The van der Waals surface area contributed by atoms with Crippen LogP contribution in [0.25, 0.3) is 0 Å². The third-order valence-electron chi connectivity index (χ3n) is 2.40. The van der Waals surface area contributed by atoms with E-state index in [1.165, 1.54) is 6.42 Å². The molecule has 1 N–H and O–H groups in total. The maximum atomic E-state index is 3.46. The molecule has 0 aromatic carbocycles. The van der Waals surface area contributed by atoms with Crippen LogP contribution >= 0.6 is 0 Å². The minimum absolute atomic E-state index is 0.817. The molecule has 0 amide bonds. The van der Waals surface area contributed by atoms with Gasteiger partial charge < -0.3 is 10.2 Å². The normalized spacial score (nSPS) is 13.8. The van der Waals surface area contributed by atoms with Crippen LogP contribution in [-0.4, -0.2) is 38.1 Å². The SMILES string of the molecule is CCC(C)CNCCN(C)CC. The molecule has 0 aromatic rings. The lowest BCUT2D eigenvalue weighted by molar-refractivity contribution is 0.343. The van der Waals surface area contributed by atoms with Crippen molar-refractivity contribution in [2.75, 3.05) is 33.2 Å². The molecule has 0 rings (SSSR count). The Morgan fingerprint density at radius 3 is 2.50 bits per heavy atom. The van der Waals surface area contributed by atoms with Gasteiger partial charge in [0.15, 0.2) is 0 Å². The van der Waals surface area contributed by atoms with E-state index in [1.54, 1.807) is 0 Å². The maximum absolute atomic E-state index is 3.46. The van der Waals surface area contributed by atoms with Crippen molar-refractivity contribution in [1.82, 2.24) is 10.2 Å². The molecule has 1 unspecified atom stereocenters. The summed E-state index contributed by atoms with van der Waals surface area (Å²) in [5, 5.41) is 3.46. The van der Waals surface area contributed by atoms with Crippen molar-refractivity contribution in [3.05, 3.63) is 0 Å². The minimum Gasteiger partial charge on any atom is -0.315 e. The van der Waals surface area contributed by atoms with Gasteiger partial charge in [-0.1, -0.05) is 27.2 Å². The van der Waals surface area contributed by atoms with Gasteiger partial charge in [-0.2, -0.15) is 0 Å². The molecule has 0 aliphatic rings. The predicted molar refractivity (Wildman–Crippen MR) is 55.5 cm³/mol. The molecular formula is C10H24N2. The molecule has 74 valence electrons. The third-order valence-corrected chi connectivity index (χ3v) is 2.40. The summed E-state index contributed by atoms with van der Waals surface area (Å²) in [4.78, 5) is 2.32. The molecule has 2 heteroatoms. The Hall–Kier alpha value is -0.0800. The van der Waals surface area contributed by atoms with E-state index >= 15 is 0 Å². The van der Waals surface area contributed by atoms with E-state index in [1.807, 2.05) is 0 Å². The van der Waals surface area contributed by atoms with Crippen LogP contribution < -0.4 is 5.32 Å². The lowest BCUT2D eigenvalue weighted by Gasteiger charge is -2.15. The molecule has 2 nitrogen and oxygen atoms in total. The van der Waals surface area contributed by atoms with Crippen molar-refractivity contribution in [1.29, 1.82) is 0 Å². The first-order valence-electron chi connectivity index (χ1n) is 5.09. The maximum Gasteiger partial charge on any atom is 0.0104 e. The van der Waals surface area contributed by atoms with E-state index in [-0.39, 0.29) is 0 Å². The third kappa shape index (κ3) is 6.62. The van der Waals surface area contributed by atoms with Gasteiger partial charge in [-0.05, 0) is 26.1 Å². The predicted octanol–water partition coefficient (Wildman–Crippen LogP) is 1.57. The Bertz CT molecular complexity index is 81.8. The molecule has 0 aromatic heterocycles. The van der Waals surface area contributed by atoms with Crippen LogP contribution in [0.3, 0.4) is 0 Å². The Labute approximate surface area is 77.3 Å². The van der Waals surface area contributed by atoms with Crippen LogP contribution in [0.4, 0.5) is 0 Å². The summed E-state index contributed by atoms with van der Waals surface area (Å²) in [6.07, 6.45) is 1.27. The first-order valence-corrected chi connectivity index (χ1v) is 5.09. The van der Waals surface area contributed by atoms with Crippen LogP contribution in [0.2, 0.25) is 0 Å². The molecule has 0 aliphatic carbocycles. The van der Waals surface area contributed by atoms with Gasteiger partial charge in [0.05, 0.1) is 0 Å². The van der Waals surface area contributed by atoms with Gasteiger partial charge in [-0.3, -0.25) is 0 Å². The summed E-state index contributed by atoms with van der Waals surface area (Å²) in [7, 11) is 2.16. The standard InChI is InChI=1S/C10H24N2/c1-5-10(3)9-11-7-8-12(4)6-2/h10-11H,5-9H2,1-4H3. The van der Waals surface area contributed by atoms with Crippen molar-refractivity contribution in [2.45, 2.75) is 27.2 Å². The molecule has 0 saturated heterocycles. The van der Waals surface area contributed by atoms with Gasteiger partial charge in [0.2, 0.25) is 0 Å². The highest BCUT2D eigenvalue weighted by Crippen LogP contribution is 1.96. The van der Waals surface area contributed by atoms with E-state index in [2.05, 4.69) is 38.0 Å². The smallest absolute Gasteiger partial charge is 0.0104 e. The fraction of sp³-hybridized carbons (Fsp3) is 1.00. The second-order valence-corrected chi connectivity index (χ2v) is 3.61. The van der Waals surface area contributed by atoms with Gasteiger partial charge >= 0.3 is 0 Å². The van der Waals surface area contributed by atoms with Gasteiger partial charge in [-0.15, -0.1) is 0 Å². The van der Waals surface area contributed by atoms with Crippen LogP contribution in [-0.2, 0) is 0 Å². The molecule has 12 heavy (non-hydrogen) atoms. The van der Waals surface area contributed by atoms with Gasteiger partial charge in [-0.25, -0.2) is 0 Å². The summed E-state index contributed by atoms with van der Waals surface area (Å²) in [6, 6.07) is 0. The lowest BCUT2D eigenvalue weighted by atomic mass is 10.1. The van der Waals surface area contributed by atoms with Gasteiger partial charge in [0.1, 0.15) is 0 Å². The molecular weight excluding hydrogens is 148 g/mol. The average Bonchev–Trinajstić information content (AvgIpc) is 2.11. The summed E-state index contributed by atoms with van der Waals surface area (Å²) in [5.41, 5.74) is 0. The number of nitrogens with zero attached hydrogens (tertiary/aromatic N) is 1. The highest BCUT2D eigenvalue weighted by atomic mass is 15.1. The zero-order valence-electron chi connectivity index (χ0n) is 9.06. The molecule has 0 saturated carbocycles. The zero-order valence-corrected chi connectivity index (χ0v) is 9.06. The molecule has 0 fully saturated rings. The minimum atomic E-state index is 0.817. The highest BCUT2D eigenvalue weighted by Gasteiger charge is 1.97. The summed E-state index contributed by atoms with van der Waals surface area (Å²) in [5.74, 6) is 0.817. The van der Waals surface area contributed by atoms with Crippen molar-refractivity contribution in [3.63, 3.8) is 0 Å². The largest absolute Gasteiger partial charge is 0.315 e. The number of nitrogens with one attached hydrogen (secondary N) is 1. The zero-order chi connectivity index (χ0) is 9.40. The number of hydrogen-bond acceptors (Lipinski definition) is 2. The molecule has 1 atom stereocenters. The van der Waals surface area contributed by atoms with E-state index in [0.717, 1.165) is 32.1 Å². The fourth-order valence-electron chi connectivity index (χ4n) is 0.921. The van der Waals surface area contributed by atoms with Crippen LogP contribution in [0.15, 0.2) is 0 Å². The van der Waals surface area contributed by atoms with E-state index in [9.17, 15) is 0 Å². The number of hydrogen-bond donors (Lipinski definition) is 1. The Morgan fingerprint density at radius 1 is 1.33 bits per heavy atom. The van der Waals surface area contributed by atoms with Crippen LogP contribution in [0, 0.1) is 5.92 Å². The summed E-state index contributed by atoms with van der Waals surface area (Å²) in [6.45, 7) is 11.3. The van der Waals surface area contributed by atoms with Crippen molar-refractivity contribution in [2.24, 2.45) is 5.92 Å². The first-order chi connectivity index (χ1) is 5.70. The van der Waals surface area contributed by atoms with Gasteiger partial charge in [0.25, 0.3) is 0 Å². The highest BCUT2D eigenvalue weighted by molar-refractivity contribution is 4.56. The van der Waals surface area contributed by atoms with Crippen molar-refractivity contribution in [3.8, 4) is 0 Å². The van der Waals surface area contributed by atoms with Crippen molar-refractivity contribution < 1.29 is 0 Å². The topological polar surface area (TPSA) is 15.3 Å². The lowest BCUT2D eigenvalue weighted by Crippen LogP contribution is -2.31. The fourth-order valence-corrected chi connectivity index (χ4v) is 0.921. The second-order valence-electron chi connectivity index (χ2n) is 3.61. The molecule has 0 heterocycles. The van der Waals surface area contributed by atoms with Crippen LogP contribution in [0.1, 0.15) is 27.2 Å². The van der Waals surface area contributed by atoms with E-state index in [0.29, 0.717) is 0 Å². The van der Waals surface area contributed by atoms with E-state index < -0.39 is 0 Å². The first kappa shape index (κ1) is 11.9. The molecule has 0 aliphatic heterocycles. The monoisotopic (exact) mass is 172 g/mol. The van der Waals surface area contributed by atoms with E-state index in [4.69, 9.17) is 0 Å². The Kier molecular flexibility index (Phi) is 7.51. The number of rotatable bonds is 7. The Balaban J connectivity index is 3.10.